The van der Waals surface area contributed by atoms with Crippen molar-refractivity contribution in [3.05, 3.63) is 22.4 Å². The van der Waals surface area contributed by atoms with Crippen LogP contribution in [0.5, 0.6) is 0 Å². The van der Waals surface area contributed by atoms with Gasteiger partial charge in [0.15, 0.2) is 0 Å². The van der Waals surface area contributed by atoms with Gasteiger partial charge in [0.05, 0.1) is 6.04 Å². The zero-order valence-electron chi connectivity index (χ0n) is 10.7. The highest BCUT2D eigenvalue weighted by molar-refractivity contribution is 8.07. The number of nitrogens with one attached hydrogen (secondary N) is 1. The van der Waals surface area contributed by atoms with Gasteiger partial charge in [-0.2, -0.15) is 23.5 Å². The van der Waals surface area contributed by atoms with E-state index in [1.165, 1.54) is 10.6 Å². The average molecular weight is 288 g/mol. The van der Waals surface area contributed by atoms with Crippen LogP contribution < -0.4 is 5.32 Å². The van der Waals surface area contributed by atoms with Crippen molar-refractivity contribution in [3.63, 3.8) is 0 Å². The van der Waals surface area contributed by atoms with Gasteiger partial charge < -0.3 is 5.32 Å². The molecule has 0 aliphatic carbocycles. The van der Waals surface area contributed by atoms with Gasteiger partial charge >= 0.3 is 0 Å². The highest BCUT2D eigenvalue weighted by Gasteiger charge is 2.32. The fourth-order valence-electron chi connectivity index (χ4n) is 2.09. The van der Waals surface area contributed by atoms with Crippen molar-refractivity contribution in [1.82, 2.24) is 5.32 Å². The zero-order chi connectivity index (χ0) is 12.3. The molecule has 1 N–H and O–H groups in total. The summed E-state index contributed by atoms with van der Waals surface area (Å²) >= 11 is 6.18. The standard InChI is InChI=1S/C13H21NS3/c1-4-14-13(11-6-5-7-15-11)12-8-16-9(2)10(3)17-12/h5-7,9-10,12-14H,4,8H2,1-3H3. The largest absolute Gasteiger partial charge is 0.309 e. The van der Waals surface area contributed by atoms with Crippen LogP contribution in [-0.4, -0.2) is 28.0 Å². The van der Waals surface area contributed by atoms with E-state index in [1.54, 1.807) is 0 Å². The molecule has 1 fully saturated rings. The second-order valence-corrected chi connectivity index (χ2v) is 8.48. The average Bonchev–Trinajstić information content (AvgIpc) is 2.83. The molecule has 4 heteroatoms. The Hall–Kier alpha value is 0.360. The molecule has 96 valence electrons. The number of rotatable bonds is 4. The Kier molecular flexibility index (Phi) is 5.27. The molecule has 0 aromatic carbocycles. The van der Waals surface area contributed by atoms with Crippen molar-refractivity contribution < 1.29 is 0 Å². The van der Waals surface area contributed by atoms with E-state index in [2.05, 4.69) is 67.1 Å². The number of thiophene rings is 1. The lowest BCUT2D eigenvalue weighted by Gasteiger charge is -2.35. The minimum atomic E-state index is 0.535. The molecule has 0 bridgehead atoms. The van der Waals surface area contributed by atoms with Crippen LogP contribution in [-0.2, 0) is 0 Å². The van der Waals surface area contributed by atoms with Gasteiger partial charge in [0.1, 0.15) is 0 Å². The van der Waals surface area contributed by atoms with Crippen LogP contribution in [0, 0.1) is 0 Å². The van der Waals surface area contributed by atoms with E-state index < -0.39 is 0 Å². The molecule has 0 saturated carbocycles. The minimum absolute atomic E-state index is 0.535. The molecule has 4 unspecified atom stereocenters. The molecule has 1 aliphatic rings. The van der Waals surface area contributed by atoms with Gasteiger partial charge in [-0.15, -0.1) is 11.3 Å². The van der Waals surface area contributed by atoms with Gasteiger partial charge in [-0.05, 0) is 18.0 Å². The maximum absolute atomic E-state index is 3.67. The summed E-state index contributed by atoms with van der Waals surface area (Å²) in [5.41, 5.74) is 0. The van der Waals surface area contributed by atoms with Crippen LogP contribution in [0.25, 0.3) is 0 Å². The van der Waals surface area contributed by atoms with E-state index in [4.69, 9.17) is 0 Å². The molecule has 2 rings (SSSR count). The quantitative estimate of drug-likeness (QED) is 0.898. The number of thioether (sulfide) groups is 2. The van der Waals surface area contributed by atoms with Gasteiger partial charge in [-0.25, -0.2) is 0 Å². The van der Waals surface area contributed by atoms with E-state index >= 15 is 0 Å². The Morgan fingerprint density at radius 1 is 1.41 bits per heavy atom. The van der Waals surface area contributed by atoms with Crippen LogP contribution in [0.2, 0.25) is 0 Å². The van der Waals surface area contributed by atoms with Gasteiger partial charge in [-0.3, -0.25) is 0 Å². The summed E-state index contributed by atoms with van der Waals surface area (Å²) in [4.78, 5) is 1.49. The monoisotopic (exact) mass is 287 g/mol. The van der Waals surface area contributed by atoms with Crippen molar-refractivity contribution in [2.45, 2.75) is 42.6 Å². The topological polar surface area (TPSA) is 12.0 Å². The lowest BCUT2D eigenvalue weighted by Crippen LogP contribution is -2.36. The van der Waals surface area contributed by atoms with Gasteiger partial charge in [-0.1, -0.05) is 26.8 Å². The molecule has 1 saturated heterocycles. The maximum atomic E-state index is 3.67. The van der Waals surface area contributed by atoms with Crippen LogP contribution in [0.1, 0.15) is 31.7 Å². The van der Waals surface area contributed by atoms with E-state index in [-0.39, 0.29) is 0 Å². The van der Waals surface area contributed by atoms with Crippen molar-refractivity contribution >= 4 is 34.9 Å². The van der Waals surface area contributed by atoms with Gasteiger partial charge in [0, 0.05) is 26.4 Å². The van der Waals surface area contributed by atoms with Crippen molar-refractivity contribution in [2.24, 2.45) is 0 Å². The molecule has 0 amide bonds. The van der Waals surface area contributed by atoms with Crippen LogP contribution in [0.15, 0.2) is 17.5 Å². The number of hydrogen-bond donors (Lipinski definition) is 1. The summed E-state index contributed by atoms with van der Waals surface area (Å²) in [5.74, 6) is 1.27. The zero-order valence-corrected chi connectivity index (χ0v) is 13.1. The first-order valence-electron chi connectivity index (χ1n) is 6.26. The molecule has 4 atom stereocenters. The molecule has 1 aromatic heterocycles. The Morgan fingerprint density at radius 2 is 2.24 bits per heavy atom. The van der Waals surface area contributed by atoms with E-state index in [0.29, 0.717) is 11.3 Å². The molecular formula is C13H21NS3. The molecule has 1 aromatic rings. The highest BCUT2D eigenvalue weighted by Crippen LogP contribution is 2.41. The Labute approximate surface area is 117 Å². The summed E-state index contributed by atoms with van der Waals surface area (Å²) in [6.07, 6.45) is 0. The van der Waals surface area contributed by atoms with Crippen molar-refractivity contribution in [2.75, 3.05) is 12.3 Å². The lowest BCUT2D eigenvalue weighted by atomic mass is 10.2. The summed E-state index contributed by atoms with van der Waals surface area (Å²) in [6.45, 7) is 7.97. The van der Waals surface area contributed by atoms with Crippen LogP contribution >= 0.6 is 34.9 Å². The van der Waals surface area contributed by atoms with E-state index in [1.807, 2.05) is 11.3 Å². The fraction of sp³-hybridized carbons (Fsp3) is 0.692. The smallest absolute Gasteiger partial charge is 0.0543 e. The van der Waals surface area contributed by atoms with Crippen LogP contribution in [0.4, 0.5) is 0 Å². The van der Waals surface area contributed by atoms with Crippen molar-refractivity contribution in [1.29, 1.82) is 0 Å². The molecule has 2 heterocycles. The van der Waals surface area contributed by atoms with E-state index in [0.717, 1.165) is 17.0 Å². The molecule has 17 heavy (non-hydrogen) atoms. The summed E-state index contributed by atoms with van der Waals surface area (Å²) in [6, 6.07) is 4.97. The predicted octanol–water partition coefficient (Wildman–Crippen LogP) is 4.02. The Bertz CT molecular complexity index is 325. The summed E-state index contributed by atoms with van der Waals surface area (Å²) in [7, 11) is 0. The molecular weight excluding hydrogens is 266 g/mol. The summed E-state index contributed by atoms with van der Waals surface area (Å²) in [5, 5.41) is 8.12. The highest BCUT2D eigenvalue weighted by atomic mass is 32.2. The number of hydrogen-bond acceptors (Lipinski definition) is 4. The predicted molar refractivity (Wildman–Crippen MR) is 83.5 cm³/mol. The first-order valence-corrected chi connectivity index (χ1v) is 9.13. The molecule has 1 nitrogen and oxygen atoms in total. The molecule has 0 radical (unpaired) electrons. The third-order valence-electron chi connectivity index (χ3n) is 3.22. The third kappa shape index (κ3) is 3.43. The maximum Gasteiger partial charge on any atom is 0.0543 e. The third-order valence-corrected chi connectivity index (χ3v) is 7.67. The second-order valence-electron chi connectivity index (χ2n) is 4.47. The Morgan fingerprint density at radius 3 is 2.82 bits per heavy atom. The molecule has 0 spiro atoms. The van der Waals surface area contributed by atoms with Crippen molar-refractivity contribution in [3.8, 4) is 0 Å². The van der Waals surface area contributed by atoms with Gasteiger partial charge in [0.2, 0.25) is 0 Å². The Balaban J connectivity index is 2.06. The SMILES string of the molecule is CCNC(c1cccs1)C1CSC(C)C(C)S1. The minimum Gasteiger partial charge on any atom is -0.309 e. The van der Waals surface area contributed by atoms with E-state index in [9.17, 15) is 0 Å². The normalized spacial score (nSPS) is 31.4. The first-order chi connectivity index (χ1) is 8.22. The fourth-order valence-corrected chi connectivity index (χ4v) is 6.15. The van der Waals surface area contributed by atoms with Gasteiger partial charge in [0.25, 0.3) is 0 Å². The second kappa shape index (κ2) is 6.50. The lowest BCUT2D eigenvalue weighted by molar-refractivity contribution is 0.556. The molecule has 1 aliphatic heterocycles. The summed E-state index contributed by atoms with van der Waals surface area (Å²) < 4.78 is 0. The first kappa shape index (κ1) is 13.8. The van der Waals surface area contributed by atoms with Crippen LogP contribution in [0.3, 0.4) is 0 Å².